The van der Waals surface area contributed by atoms with E-state index in [-0.39, 0.29) is 18.0 Å². The molecule has 4 rings (SSSR count). The van der Waals surface area contributed by atoms with E-state index >= 15 is 0 Å². The van der Waals surface area contributed by atoms with E-state index < -0.39 is 0 Å². The van der Waals surface area contributed by atoms with Crippen LogP contribution >= 0.6 is 12.4 Å². The highest BCUT2D eigenvalue weighted by molar-refractivity contribution is 5.85. The lowest BCUT2D eigenvalue weighted by Gasteiger charge is -2.30. The fourth-order valence-electron chi connectivity index (χ4n) is 4.39. The quantitative estimate of drug-likeness (QED) is 0.456. The highest BCUT2D eigenvalue weighted by Crippen LogP contribution is 2.20. The van der Waals surface area contributed by atoms with Crippen molar-refractivity contribution >= 4 is 23.3 Å². The van der Waals surface area contributed by atoms with E-state index in [0.29, 0.717) is 35.6 Å². The Bertz CT molecular complexity index is 1120. The van der Waals surface area contributed by atoms with E-state index in [1.807, 2.05) is 31.2 Å². The van der Waals surface area contributed by atoms with Crippen LogP contribution in [0.1, 0.15) is 38.9 Å². The van der Waals surface area contributed by atoms with Crippen molar-refractivity contribution in [2.75, 3.05) is 33.4 Å². The van der Waals surface area contributed by atoms with Crippen LogP contribution in [0.15, 0.2) is 41.3 Å². The fraction of sp³-hybridized carbons (Fsp3) is 0.480. The van der Waals surface area contributed by atoms with Gasteiger partial charge in [-0.25, -0.2) is 9.97 Å². The van der Waals surface area contributed by atoms with Crippen molar-refractivity contribution in [3.63, 3.8) is 0 Å². The zero-order valence-electron chi connectivity index (χ0n) is 19.6. The predicted molar refractivity (Wildman–Crippen MR) is 133 cm³/mol. The van der Waals surface area contributed by atoms with Gasteiger partial charge in [-0.1, -0.05) is 13.8 Å². The van der Waals surface area contributed by atoms with Gasteiger partial charge in [0.2, 0.25) is 5.88 Å². The van der Waals surface area contributed by atoms with Crippen LogP contribution in [-0.2, 0) is 6.42 Å². The summed E-state index contributed by atoms with van der Waals surface area (Å²) in [5.41, 5.74) is 1.22. The summed E-state index contributed by atoms with van der Waals surface area (Å²) in [6.45, 7) is 8.49. The molecule has 7 nitrogen and oxygen atoms in total. The summed E-state index contributed by atoms with van der Waals surface area (Å²) in [5, 5.41) is 0.487. The summed E-state index contributed by atoms with van der Waals surface area (Å²) in [7, 11) is 1.53. The number of methoxy groups -OCH3 is 1. The zero-order valence-corrected chi connectivity index (χ0v) is 20.4. The molecule has 0 spiro atoms. The Kier molecular flexibility index (Phi) is 8.69. The lowest BCUT2D eigenvalue weighted by Crippen LogP contribution is -2.35. The number of fused-ring (bicyclic) bond motifs is 1. The Morgan fingerprint density at radius 2 is 2.00 bits per heavy atom. The molecule has 1 aromatic carbocycles. The van der Waals surface area contributed by atoms with Crippen molar-refractivity contribution in [2.45, 2.75) is 39.5 Å². The SMILES string of the molecule is CCc1nc2cnc(OC)cc2c(=O)n1-c1ccc(OCCCN2CCC[C@H](C)C2)cc1.Cl. The minimum atomic E-state index is -0.128. The van der Waals surface area contributed by atoms with Crippen LogP contribution in [0.2, 0.25) is 0 Å². The molecule has 1 aliphatic heterocycles. The number of pyridine rings is 1. The van der Waals surface area contributed by atoms with Gasteiger partial charge in [-0.3, -0.25) is 9.36 Å². The number of piperidine rings is 1. The highest BCUT2D eigenvalue weighted by Gasteiger charge is 2.16. The number of aryl methyl sites for hydroxylation is 1. The summed E-state index contributed by atoms with van der Waals surface area (Å²) in [6, 6.07) is 9.30. The standard InChI is InChI=1S/C25H32N4O3.ClH/c1-4-23-27-22-16-26-24(31-3)15-21(22)25(30)29(23)19-8-10-20(11-9-19)32-14-6-13-28-12-5-7-18(2)17-28;/h8-11,15-16,18H,4-7,12-14,17H2,1-3H3;1H/t18-;/m0./s1. The van der Waals surface area contributed by atoms with E-state index in [2.05, 4.69) is 21.8 Å². The summed E-state index contributed by atoms with van der Waals surface area (Å²) in [6.07, 6.45) is 5.87. The number of rotatable bonds is 8. The second-order valence-electron chi connectivity index (χ2n) is 8.51. The van der Waals surface area contributed by atoms with Gasteiger partial charge in [0.05, 0.1) is 36.5 Å². The maximum atomic E-state index is 13.2. The normalized spacial score (nSPS) is 16.4. The molecule has 8 heteroatoms. The molecule has 3 heterocycles. The number of ether oxygens (including phenoxy) is 2. The predicted octanol–water partition coefficient (Wildman–Crippen LogP) is 4.27. The lowest BCUT2D eigenvalue weighted by atomic mass is 10.0. The summed E-state index contributed by atoms with van der Waals surface area (Å²) in [4.78, 5) is 24.6. The monoisotopic (exact) mass is 472 g/mol. The maximum absolute atomic E-state index is 13.2. The van der Waals surface area contributed by atoms with Crippen LogP contribution in [0.4, 0.5) is 0 Å². The molecule has 0 N–H and O–H groups in total. The molecule has 1 saturated heterocycles. The van der Waals surface area contributed by atoms with Crippen molar-refractivity contribution < 1.29 is 9.47 Å². The number of benzene rings is 1. The van der Waals surface area contributed by atoms with E-state index in [1.165, 1.54) is 33.0 Å². The average molecular weight is 473 g/mol. The first-order valence-electron chi connectivity index (χ1n) is 11.5. The second kappa shape index (κ2) is 11.5. The molecular formula is C25H33ClN4O3. The number of halogens is 1. The summed E-state index contributed by atoms with van der Waals surface area (Å²) < 4.78 is 12.8. The molecule has 0 unspecified atom stereocenters. The van der Waals surface area contributed by atoms with E-state index in [4.69, 9.17) is 9.47 Å². The topological polar surface area (TPSA) is 69.5 Å². The van der Waals surface area contributed by atoms with Gasteiger partial charge in [0.1, 0.15) is 11.6 Å². The van der Waals surface area contributed by atoms with Gasteiger partial charge in [-0.15, -0.1) is 12.4 Å². The first-order chi connectivity index (χ1) is 15.6. The highest BCUT2D eigenvalue weighted by atomic mass is 35.5. The number of likely N-dealkylation sites (tertiary alicyclic amines) is 1. The molecule has 0 amide bonds. The number of hydrogen-bond acceptors (Lipinski definition) is 6. The molecule has 0 saturated carbocycles. The van der Waals surface area contributed by atoms with Gasteiger partial charge in [-0.2, -0.15) is 0 Å². The fourth-order valence-corrected chi connectivity index (χ4v) is 4.39. The van der Waals surface area contributed by atoms with E-state index in [1.54, 1.807) is 16.8 Å². The molecule has 178 valence electrons. The third-order valence-corrected chi connectivity index (χ3v) is 6.05. The van der Waals surface area contributed by atoms with Crippen LogP contribution in [0.5, 0.6) is 11.6 Å². The zero-order chi connectivity index (χ0) is 22.5. The van der Waals surface area contributed by atoms with Crippen LogP contribution in [0, 0.1) is 5.92 Å². The van der Waals surface area contributed by atoms with Gasteiger partial charge in [0.25, 0.3) is 5.56 Å². The van der Waals surface area contributed by atoms with Crippen molar-refractivity contribution in [3.8, 4) is 17.3 Å². The molecule has 3 aromatic rings. The summed E-state index contributed by atoms with van der Waals surface area (Å²) in [5.74, 6) is 2.70. The third kappa shape index (κ3) is 5.84. The molecule has 1 aliphatic rings. The summed E-state index contributed by atoms with van der Waals surface area (Å²) >= 11 is 0. The Hall–Kier alpha value is -2.64. The van der Waals surface area contributed by atoms with E-state index in [0.717, 1.165) is 30.3 Å². The molecular weight excluding hydrogens is 440 g/mol. The van der Waals surface area contributed by atoms with Crippen molar-refractivity contribution in [2.24, 2.45) is 5.92 Å². The Morgan fingerprint density at radius 1 is 1.21 bits per heavy atom. The molecule has 2 aromatic heterocycles. The number of aromatic nitrogens is 3. The van der Waals surface area contributed by atoms with Gasteiger partial charge in [0, 0.05) is 25.6 Å². The van der Waals surface area contributed by atoms with Gasteiger partial charge in [-0.05, 0) is 56.0 Å². The molecule has 1 fully saturated rings. The largest absolute Gasteiger partial charge is 0.494 e. The molecule has 0 radical (unpaired) electrons. The molecule has 0 bridgehead atoms. The number of nitrogens with zero attached hydrogens (tertiary/aromatic N) is 4. The average Bonchev–Trinajstić information content (AvgIpc) is 2.82. The van der Waals surface area contributed by atoms with Crippen molar-refractivity contribution in [1.82, 2.24) is 19.4 Å². The third-order valence-electron chi connectivity index (χ3n) is 6.05. The van der Waals surface area contributed by atoms with Crippen molar-refractivity contribution in [1.29, 1.82) is 0 Å². The first kappa shape index (κ1) is 25.0. The Morgan fingerprint density at radius 3 is 2.70 bits per heavy atom. The Balaban J connectivity index is 0.00000306. The first-order valence-corrected chi connectivity index (χ1v) is 11.5. The molecule has 0 aliphatic carbocycles. The number of hydrogen-bond donors (Lipinski definition) is 0. The van der Waals surface area contributed by atoms with Gasteiger partial charge >= 0.3 is 0 Å². The minimum Gasteiger partial charge on any atom is -0.494 e. The van der Waals surface area contributed by atoms with Crippen molar-refractivity contribution in [3.05, 3.63) is 52.7 Å². The smallest absolute Gasteiger partial charge is 0.266 e. The minimum absolute atomic E-state index is 0. The van der Waals surface area contributed by atoms with Crippen LogP contribution in [0.3, 0.4) is 0 Å². The lowest BCUT2D eigenvalue weighted by molar-refractivity contribution is 0.170. The molecule has 1 atom stereocenters. The maximum Gasteiger partial charge on any atom is 0.266 e. The Labute approximate surface area is 201 Å². The van der Waals surface area contributed by atoms with Crippen LogP contribution in [-0.4, -0.2) is 52.8 Å². The molecule has 33 heavy (non-hydrogen) atoms. The van der Waals surface area contributed by atoms with E-state index in [9.17, 15) is 4.79 Å². The second-order valence-corrected chi connectivity index (χ2v) is 8.51. The van der Waals surface area contributed by atoms with Crippen LogP contribution < -0.4 is 15.0 Å². The van der Waals surface area contributed by atoms with Gasteiger partial charge in [0.15, 0.2) is 0 Å². The van der Waals surface area contributed by atoms with Gasteiger partial charge < -0.3 is 14.4 Å². The van der Waals surface area contributed by atoms with Crippen LogP contribution in [0.25, 0.3) is 16.6 Å².